The molecule has 1 unspecified atom stereocenters. The van der Waals surface area contributed by atoms with E-state index in [1.807, 2.05) is 25.1 Å². The average molecular weight is 354 g/mol. The molecule has 3 rings (SSSR count). The van der Waals surface area contributed by atoms with E-state index in [9.17, 15) is 8.78 Å². The van der Waals surface area contributed by atoms with Crippen molar-refractivity contribution >= 4 is 21.6 Å². The average Bonchev–Trinajstić information content (AvgIpc) is 2.89. The Balaban J connectivity index is 1.85. The smallest absolute Gasteiger partial charge is 0.150 e. The molecule has 1 aliphatic rings. The molecule has 21 heavy (non-hydrogen) atoms. The summed E-state index contributed by atoms with van der Waals surface area (Å²) in [5.41, 5.74) is 2.00. The fraction of sp³-hybridized carbons (Fsp3) is 0.250. The Bertz CT molecular complexity index is 667. The van der Waals surface area contributed by atoms with Crippen LogP contribution in [-0.2, 0) is 6.42 Å². The zero-order valence-electron chi connectivity index (χ0n) is 11.4. The normalized spacial score (nSPS) is 14.5. The van der Waals surface area contributed by atoms with Gasteiger partial charge in [0, 0.05) is 16.9 Å². The summed E-state index contributed by atoms with van der Waals surface area (Å²) in [6, 6.07) is 8.12. The standard InChI is InChI=1S/C16H14BrF2NO/c1-9(10-2-3-15-11(6-10)4-5-21-15)20-16-13(18)7-12(17)8-14(16)19/h2-3,6-9,20H,4-5H2,1H3. The molecule has 1 heterocycles. The van der Waals surface area contributed by atoms with Gasteiger partial charge in [-0.3, -0.25) is 0 Å². The van der Waals surface area contributed by atoms with Gasteiger partial charge in [0.05, 0.1) is 6.61 Å². The minimum absolute atomic E-state index is 0.109. The Hall–Kier alpha value is -1.62. The predicted octanol–water partition coefficient (Wildman–Crippen LogP) is 4.84. The van der Waals surface area contributed by atoms with Crippen molar-refractivity contribution < 1.29 is 13.5 Å². The van der Waals surface area contributed by atoms with Gasteiger partial charge in [-0.25, -0.2) is 8.78 Å². The lowest BCUT2D eigenvalue weighted by atomic mass is 10.0. The molecular weight excluding hydrogens is 340 g/mol. The number of fused-ring (bicyclic) bond motifs is 1. The first-order valence-electron chi connectivity index (χ1n) is 6.71. The molecule has 0 aliphatic carbocycles. The van der Waals surface area contributed by atoms with Crippen molar-refractivity contribution in [2.75, 3.05) is 11.9 Å². The summed E-state index contributed by atoms with van der Waals surface area (Å²) < 4.78 is 33.5. The van der Waals surface area contributed by atoms with E-state index in [-0.39, 0.29) is 11.7 Å². The highest BCUT2D eigenvalue weighted by atomic mass is 79.9. The van der Waals surface area contributed by atoms with Crippen LogP contribution in [0.5, 0.6) is 5.75 Å². The molecule has 1 atom stereocenters. The zero-order chi connectivity index (χ0) is 15.0. The van der Waals surface area contributed by atoms with Crippen LogP contribution in [0.4, 0.5) is 14.5 Å². The maximum atomic E-state index is 13.9. The van der Waals surface area contributed by atoms with Crippen LogP contribution in [0.25, 0.3) is 0 Å². The third-order valence-electron chi connectivity index (χ3n) is 3.58. The first kappa shape index (κ1) is 14.3. The Kier molecular flexibility index (Phi) is 3.85. The molecule has 0 saturated carbocycles. The van der Waals surface area contributed by atoms with E-state index in [2.05, 4.69) is 21.2 Å². The molecule has 110 valence electrons. The van der Waals surface area contributed by atoms with E-state index in [4.69, 9.17) is 4.74 Å². The molecule has 5 heteroatoms. The second-order valence-electron chi connectivity index (χ2n) is 5.08. The van der Waals surface area contributed by atoms with Crippen LogP contribution in [0.3, 0.4) is 0 Å². The highest BCUT2D eigenvalue weighted by molar-refractivity contribution is 9.10. The van der Waals surface area contributed by atoms with Crippen molar-refractivity contribution in [2.45, 2.75) is 19.4 Å². The summed E-state index contributed by atoms with van der Waals surface area (Å²) in [6.45, 7) is 2.56. The van der Waals surface area contributed by atoms with Gasteiger partial charge in [0.15, 0.2) is 0 Å². The van der Waals surface area contributed by atoms with E-state index in [0.717, 1.165) is 23.3 Å². The lowest BCUT2D eigenvalue weighted by Crippen LogP contribution is -2.10. The summed E-state index contributed by atoms with van der Waals surface area (Å²) in [4.78, 5) is 0. The topological polar surface area (TPSA) is 21.3 Å². The van der Waals surface area contributed by atoms with Gasteiger partial charge in [-0.15, -0.1) is 0 Å². The van der Waals surface area contributed by atoms with Crippen LogP contribution in [-0.4, -0.2) is 6.61 Å². The van der Waals surface area contributed by atoms with Crippen LogP contribution < -0.4 is 10.1 Å². The molecule has 0 aromatic heterocycles. The number of benzene rings is 2. The first-order valence-corrected chi connectivity index (χ1v) is 7.50. The van der Waals surface area contributed by atoms with Gasteiger partial charge >= 0.3 is 0 Å². The Morgan fingerprint density at radius 1 is 1.19 bits per heavy atom. The maximum Gasteiger partial charge on any atom is 0.150 e. The molecule has 2 nitrogen and oxygen atoms in total. The number of anilines is 1. The first-order chi connectivity index (χ1) is 10.0. The van der Waals surface area contributed by atoms with Gasteiger partial charge in [-0.1, -0.05) is 22.0 Å². The number of nitrogens with one attached hydrogen (secondary N) is 1. The molecule has 2 aromatic carbocycles. The van der Waals surface area contributed by atoms with E-state index >= 15 is 0 Å². The molecule has 0 amide bonds. The van der Waals surface area contributed by atoms with Crippen molar-refractivity contribution in [3.05, 3.63) is 57.6 Å². The van der Waals surface area contributed by atoms with Crippen molar-refractivity contribution in [1.82, 2.24) is 0 Å². The Morgan fingerprint density at radius 3 is 2.62 bits per heavy atom. The fourth-order valence-electron chi connectivity index (χ4n) is 2.46. The van der Waals surface area contributed by atoms with E-state index in [0.29, 0.717) is 11.1 Å². The van der Waals surface area contributed by atoms with Gasteiger partial charge in [0.25, 0.3) is 0 Å². The van der Waals surface area contributed by atoms with E-state index in [1.54, 1.807) is 0 Å². The molecular formula is C16H14BrF2NO. The molecule has 0 spiro atoms. The van der Waals surface area contributed by atoms with Crippen molar-refractivity contribution in [3.63, 3.8) is 0 Å². The van der Waals surface area contributed by atoms with Crippen molar-refractivity contribution in [3.8, 4) is 5.75 Å². The zero-order valence-corrected chi connectivity index (χ0v) is 13.0. The summed E-state index contributed by atoms with van der Waals surface area (Å²) in [7, 11) is 0. The third kappa shape index (κ3) is 2.88. The Labute approximate surface area is 130 Å². The Morgan fingerprint density at radius 2 is 1.90 bits per heavy atom. The highest BCUT2D eigenvalue weighted by Crippen LogP contribution is 2.31. The lowest BCUT2D eigenvalue weighted by Gasteiger charge is -2.17. The van der Waals surface area contributed by atoms with Gasteiger partial charge in [-0.2, -0.15) is 0 Å². The summed E-state index contributed by atoms with van der Waals surface area (Å²) in [6.07, 6.45) is 0.872. The van der Waals surface area contributed by atoms with Crippen LogP contribution in [0.15, 0.2) is 34.8 Å². The van der Waals surface area contributed by atoms with Crippen LogP contribution in [0.2, 0.25) is 0 Å². The van der Waals surface area contributed by atoms with Crippen LogP contribution in [0.1, 0.15) is 24.1 Å². The lowest BCUT2D eigenvalue weighted by molar-refractivity contribution is 0.357. The number of hydrogen-bond acceptors (Lipinski definition) is 2. The van der Waals surface area contributed by atoms with E-state index < -0.39 is 11.6 Å². The quantitative estimate of drug-likeness (QED) is 0.852. The van der Waals surface area contributed by atoms with Gasteiger partial charge in [-0.05, 0) is 42.3 Å². The molecule has 2 aromatic rings. The summed E-state index contributed by atoms with van der Waals surface area (Å²) >= 11 is 3.07. The van der Waals surface area contributed by atoms with Gasteiger partial charge < -0.3 is 10.1 Å². The van der Waals surface area contributed by atoms with Crippen LogP contribution >= 0.6 is 15.9 Å². The summed E-state index contributed by atoms with van der Waals surface area (Å²) in [5.74, 6) is -0.330. The van der Waals surface area contributed by atoms with Crippen molar-refractivity contribution in [2.24, 2.45) is 0 Å². The fourth-order valence-corrected chi connectivity index (χ4v) is 2.86. The van der Waals surface area contributed by atoms with Crippen LogP contribution in [0, 0.1) is 11.6 Å². The largest absolute Gasteiger partial charge is 0.493 e. The van der Waals surface area contributed by atoms with Gasteiger partial charge in [0.2, 0.25) is 0 Å². The van der Waals surface area contributed by atoms with E-state index in [1.165, 1.54) is 12.1 Å². The molecule has 1 N–H and O–H groups in total. The second-order valence-corrected chi connectivity index (χ2v) is 5.99. The molecule has 0 fully saturated rings. The number of ether oxygens (including phenoxy) is 1. The molecule has 0 radical (unpaired) electrons. The van der Waals surface area contributed by atoms with Crippen molar-refractivity contribution in [1.29, 1.82) is 0 Å². The monoisotopic (exact) mass is 353 g/mol. The number of rotatable bonds is 3. The predicted molar refractivity (Wildman–Crippen MR) is 81.7 cm³/mol. The minimum atomic E-state index is -0.613. The second kappa shape index (κ2) is 5.64. The highest BCUT2D eigenvalue weighted by Gasteiger charge is 2.17. The molecule has 1 aliphatic heterocycles. The maximum absolute atomic E-state index is 13.9. The molecule has 0 saturated heterocycles. The third-order valence-corrected chi connectivity index (χ3v) is 4.04. The minimum Gasteiger partial charge on any atom is -0.493 e. The summed E-state index contributed by atoms with van der Waals surface area (Å²) in [5, 5.41) is 2.90. The molecule has 0 bridgehead atoms. The number of halogens is 3. The SMILES string of the molecule is CC(Nc1c(F)cc(Br)cc1F)c1ccc2c(c1)CCO2. The number of hydrogen-bond donors (Lipinski definition) is 1. The van der Waals surface area contributed by atoms with Gasteiger partial charge in [0.1, 0.15) is 23.1 Å².